The van der Waals surface area contributed by atoms with Crippen LogP contribution in [0.2, 0.25) is 5.02 Å². The molecule has 2 amide bonds. The average Bonchev–Trinajstić information content (AvgIpc) is 2.65. The predicted octanol–water partition coefficient (Wildman–Crippen LogP) is 2.53. The second kappa shape index (κ2) is 10.7. The number of halogens is 1. The lowest BCUT2D eigenvalue weighted by molar-refractivity contribution is -0.883. The van der Waals surface area contributed by atoms with Crippen LogP contribution in [0.3, 0.4) is 0 Å². The van der Waals surface area contributed by atoms with E-state index in [1.807, 2.05) is 32.0 Å². The van der Waals surface area contributed by atoms with Crippen LogP contribution in [0.15, 0.2) is 42.5 Å². The molecule has 6 nitrogen and oxygen atoms in total. The van der Waals surface area contributed by atoms with Gasteiger partial charge in [-0.25, -0.2) is 0 Å². The fourth-order valence-electron chi connectivity index (χ4n) is 2.91. The Morgan fingerprint density at radius 2 is 1.68 bits per heavy atom. The molecule has 1 unspecified atom stereocenters. The minimum Gasteiger partial charge on any atom is -0.495 e. The first-order valence-corrected chi connectivity index (χ1v) is 9.63. The van der Waals surface area contributed by atoms with Crippen molar-refractivity contribution < 1.29 is 19.2 Å². The van der Waals surface area contributed by atoms with Gasteiger partial charge < -0.3 is 20.3 Å². The minimum atomic E-state index is -0.167. The molecule has 0 aliphatic rings. The number of methoxy groups -OCH3 is 1. The van der Waals surface area contributed by atoms with Gasteiger partial charge >= 0.3 is 0 Å². The Kier molecular flexibility index (Phi) is 8.29. The summed E-state index contributed by atoms with van der Waals surface area (Å²) in [5.41, 5.74) is 2.24. The van der Waals surface area contributed by atoms with Gasteiger partial charge in [-0.1, -0.05) is 36.7 Å². The van der Waals surface area contributed by atoms with Crippen LogP contribution in [0, 0.1) is 6.92 Å². The molecular formula is C21H27ClN3O3+. The summed E-state index contributed by atoms with van der Waals surface area (Å²) in [6.07, 6.45) is 0.862. The number of carbonyl (C=O) groups is 2. The number of hydrogen-bond donors (Lipinski definition) is 3. The summed E-state index contributed by atoms with van der Waals surface area (Å²) in [6.45, 7) is 5.02. The first kappa shape index (κ1) is 21.7. The number of rotatable bonds is 9. The summed E-state index contributed by atoms with van der Waals surface area (Å²) < 4.78 is 5.25. The van der Waals surface area contributed by atoms with Gasteiger partial charge in [0, 0.05) is 10.7 Å². The Bertz CT molecular complexity index is 826. The Hall–Kier alpha value is -2.57. The smallest absolute Gasteiger partial charge is 0.279 e. The molecule has 0 saturated heterocycles. The van der Waals surface area contributed by atoms with Crippen molar-refractivity contribution in [2.24, 2.45) is 0 Å². The number of aryl methyl sites for hydroxylation is 1. The number of ether oxygens (including phenoxy) is 1. The summed E-state index contributed by atoms with van der Waals surface area (Å²) in [5, 5.41) is 6.31. The number of amides is 2. The summed E-state index contributed by atoms with van der Waals surface area (Å²) in [6, 6.07) is 12.6. The maximum atomic E-state index is 12.5. The van der Waals surface area contributed by atoms with E-state index in [0.29, 0.717) is 28.7 Å². The molecule has 0 aromatic heterocycles. The lowest BCUT2D eigenvalue weighted by Crippen LogP contribution is -3.14. The van der Waals surface area contributed by atoms with Crippen molar-refractivity contribution in [1.29, 1.82) is 0 Å². The highest BCUT2D eigenvalue weighted by Crippen LogP contribution is 2.22. The number of quaternary nitrogens is 1. The zero-order valence-electron chi connectivity index (χ0n) is 16.5. The van der Waals surface area contributed by atoms with E-state index in [9.17, 15) is 9.59 Å². The van der Waals surface area contributed by atoms with Crippen LogP contribution in [-0.4, -0.2) is 38.6 Å². The van der Waals surface area contributed by atoms with Crippen molar-refractivity contribution >= 4 is 34.8 Å². The summed E-state index contributed by atoms with van der Waals surface area (Å²) in [4.78, 5) is 25.8. The molecule has 0 aliphatic carbocycles. The summed E-state index contributed by atoms with van der Waals surface area (Å²) >= 11 is 6.01. The van der Waals surface area contributed by atoms with E-state index < -0.39 is 0 Å². The molecule has 28 heavy (non-hydrogen) atoms. The lowest BCUT2D eigenvalue weighted by atomic mass is 10.2. The van der Waals surface area contributed by atoms with Crippen LogP contribution < -0.4 is 20.3 Å². The van der Waals surface area contributed by atoms with Gasteiger partial charge in [-0.3, -0.25) is 9.59 Å². The molecule has 0 spiro atoms. The second-order valence-electron chi connectivity index (χ2n) is 6.61. The number of nitrogens with one attached hydrogen (secondary N) is 3. The zero-order chi connectivity index (χ0) is 20.5. The third-order valence-electron chi connectivity index (χ3n) is 4.28. The average molecular weight is 405 g/mol. The van der Waals surface area contributed by atoms with E-state index in [2.05, 4.69) is 10.6 Å². The minimum absolute atomic E-state index is 0.154. The zero-order valence-corrected chi connectivity index (χ0v) is 17.2. The van der Waals surface area contributed by atoms with E-state index in [0.717, 1.165) is 16.9 Å². The summed E-state index contributed by atoms with van der Waals surface area (Å²) in [5.74, 6) is 0.278. The molecule has 0 aliphatic heterocycles. The van der Waals surface area contributed by atoms with Crippen LogP contribution in [0.1, 0.15) is 18.9 Å². The largest absolute Gasteiger partial charge is 0.495 e. The Labute approximate surface area is 170 Å². The van der Waals surface area contributed by atoms with Crippen LogP contribution in [0.4, 0.5) is 11.4 Å². The highest BCUT2D eigenvalue weighted by molar-refractivity contribution is 6.31. The van der Waals surface area contributed by atoms with Crippen LogP contribution in [-0.2, 0) is 9.59 Å². The number of hydrogen-bond acceptors (Lipinski definition) is 3. The standard InChI is InChI=1S/C21H26ClN3O3/c1-4-11-25(13-20(26)23-17-7-5-6-8-19(17)28-3)14-21(27)24-18-12-16(22)10-9-15(18)2/h5-10,12H,4,11,13-14H2,1-3H3,(H,23,26)(H,24,27)/p+1. The van der Waals surface area contributed by atoms with Crippen LogP contribution >= 0.6 is 11.6 Å². The third-order valence-corrected chi connectivity index (χ3v) is 4.51. The molecule has 0 fully saturated rings. The number of anilines is 2. The maximum Gasteiger partial charge on any atom is 0.279 e. The van der Waals surface area contributed by atoms with E-state index in [4.69, 9.17) is 16.3 Å². The van der Waals surface area contributed by atoms with E-state index in [1.165, 1.54) is 0 Å². The van der Waals surface area contributed by atoms with Gasteiger partial charge in [0.2, 0.25) is 0 Å². The molecular weight excluding hydrogens is 378 g/mol. The molecule has 0 radical (unpaired) electrons. The monoisotopic (exact) mass is 404 g/mol. The quantitative estimate of drug-likeness (QED) is 0.601. The number of para-hydroxylation sites is 2. The third kappa shape index (κ3) is 6.55. The SMILES string of the molecule is CCC[NH+](CC(=O)Nc1cc(Cl)ccc1C)CC(=O)Nc1ccccc1OC. The fraction of sp³-hybridized carbons (Fsp3) is 0.333. The normalized spacial score (nSPS) is 11.6. The van der Waals surface area contributed by atoms with Gasteiger partial charge in [0.05, 0.1) is 19.3 Å². The Morgan fingerprint density at radius 3 is 2.32 bits per heavy atom. The van der Waals surface area contributed by atoms with Crippen molar-refractivity contribution in [1.82, 2.24) is 0 Å². The highest BCUT2D eigenvalue weighted by atomic mass is 35.5. The number of carbonyl (C=O) groups excluding carboxylic acids is 2. The maximum absolute atomic E-state index is 12.5. The van der Waals surface area contributed by atoms with E-state index in [-0.39, 0.29) is 24.9 Å². The highest BCUT2D eigenvalue weighted by Gasteiger charge is 2.19. The van der Waals surface area contributed by atoms with Gasteiger partial charge in [-0.2, -0.15) is 0 Å². The van der Waals surface area contributed by atoms with Gasteiger partial charge in [0.15, 0.2) is 13.1 Å². The van der Waals surface area contributed by atoms with Gasteiger partial charge in [0.1, 0.15) is 5.75 Å². The molecule has 2 rings (SSSR count). The first-order chi connectivity index (χ1) is 13.4. The first-order valence-electron chi connectivity index (χ1n) is 9.25. The van der Waals surface area contributed by atoms with Crippen molar-refractivity contribution in [2.45, 2.75) is 20.3 Å². The van der Waals surface area contributed by atoms with Gasteiger partial charge in [-0.05, 0) is 43.2 Å². The van der Waals surface area contributed by atoms with Crippen molar-refractivity contribution in [3.8, 4) is 5.75 Å². The molecule has 3 N–H and O–H groups in total. The summed E-state index contributed by atoms with van der Waals surface area (Å²) in [7, 11) is 1.56. The van der Waals surface area contributed by atoms with Crippen molar-refractivity contribution in [2.75, 3.05) is 37.4 Å². The lowest BCUT2D eigenvalue weighted by Gasteiger charge is -2.19. The molecule has 2 aromatic rings. The van der Waals surface area contributed by atoms with Gasteiger partial charge in [-0.15, -0.1) is 0 Å². The second-order valence-corrected chi connectivity index (χ2v) is 7.05. The Morgan fingerprint density at radius 1 is 1.04 bits per heavy atom. The molecule has 0 heterocycles. The van der Waals surface area contributed by atoms with E-state index in [1.54, 1.807) is 31.4 Å². The molecule has 150 valence electrons. The van der Waals surface area contributed by atoms with E-state index >= 15 is 0 Å². The topological polar surface area (TPSA) is 71.9 Å². The predicted molar refractivity (Wildman–Crippen MR) is 112 cm³/mol. The van der Waals surface area contributed by atoms with Crippen molar-refractivity contribution in [3.63, 3.8) is 0 Å². The van der Waals surface area contributed by atoms with Crippen molar-refractivity contribution in [3.05, 3.63) is 53.1 Å². The molecule has 1 atom stereocenters. The van der Waals surface area contributed by atoms with Gasteiger partial charge in [0.25, 0.3) is 11.8 Å². The molecule has 0 bridgehead atoms. The molecule has 7 heteroatoms. The number of benzene rings is 2. The molecule has 0 saturated carbocycles. The molecule has 2 aromatic carbocycles. The fourth-order valence-corrected chi connectivity index (χ4v) is 3.08. The van der Waals surface area contributed by atoms with Crippen LogP contribution in [0.25, 0.3) is 0 Å². The Balaban J connectivity index is 1.97. The van der Waals surface area contributed by atoms with Crippen LogP contribution in [0.5, 0.6) is 5.75 Å².